The highest BCUT2D eigenvalue weighted by Crippen LogP contribution is 2.36. The third-order valence-corrected chi connectivity index (χ3v) is 7.53. The number of carbonyl (C=O) groups is 2. The predicted octanol–water partition coefficient (Wildman–Crippen LogP) is 6.01. The zero-order chi connectivity index (χ0) is 25.2. The zero-order valence-electron chi connectivity index (χ0n) is 18.1. The van der Waals surface area contributed by atoms with E-state index in [0.717, 1.165) is 22.2 Å². The number of hydrogen-bond acceptors (Lipinski definition) is 7. The summed E-state index contributed by atoms with van der Waals surface area (Å²) >= 11 is 12.6. The molecule has 0 bridgehead atoms. The molecule has 2 amide bonds. The van der Waals surface area contributed by atoms with E-state index in [4.69, 9.17) is 32.1 Å². The SMILES string of the molecule is COc1cc(/C=C2\SC(=O)N(Cc3cccc(Cl)c3)C2=O)ccc1OS(=O)(=O)c1ccc(Cl)cc1. The molecular formula is C24H17Cl2NO6S2. The van der Waals surface area contributed by atoms with Crippen molar-refractivity contribution in [3.05, 3.63) is 92.8 Å². The van der Waals surface area contributed by atoms with Gasteiger partial charge < -0.3 is 8.92 Å². The molecule has 0 radical (unpaired) electrons. The van der Waals surface area contributed by atoms with Crippen LogP contribution in [0, 0.1) is 0 Å². The number of thioether (sulfide) groups is 1. The lowest BCUT2D eigenvalue weighted by atomic mass is 10.1. The minimum Gasteiger partial charge on any atom is -0.493 e. The Bertz CT molecular complexity index is 1440. The second-order valence-electron chi connectivity index (χ2n) is 7.30. The summed E-state index contributed by atoms with van der Waals surface area (Å²) in [5.41, 5.74) is 1.25. The zero-order valence-corrected chi connectivity index (χ0v) is 21.2. The van der Waals surface area contributed by atoms with Crippen LogP contribution in [0.1, 0.15) is 11.1 Å². The topological polar surface area (TPSA) is 90.0 Å². The summed E-state index contributed by atoms with van der Waals surface area (Å²) in [6.07, 6.45) is 1.53. The lowest BCUT2D eigenvalue weighted by Gasteiger charge is -2.12. The van der Waals surface area contributed by atoms with Gasteiger partial charge in [-0.15, -0.1) is 0 Å². The van der Waals surface area contributed by atoms with E-state index in [0.29, 0.717) is 15.6 Å². The van der Waals surface area contributed by atoms with Crippen LogP contribution < -0.4 is 8.92 Å². The van der Waals surface area contributed by atoms with Crippen molar-refractivity contribution in [3.8, 4) is 11.5 Å². The molecule has 180 valence electrons. The van der Waals surface area contributed by atoms with Crippen LogP contribution in [-0.2, 0) is 21.5 Å². The number of amides is 2. The molecule has 1 aliphatic heterocycles. The fraction of sp³-hybridized carbons (Fsp3) is 0.0833. The van der Waals surface area contributed by atoms with Gasteiger partial charge >= 0.3 is 10.1 Å². The number of imide groups is 1. The summed E-state index contributed by atoms with van der Waals surface area (Å²) in [6.45, 7) is 0.0984. The van der Waals surface area contributed by atoms with Crippen LogP contribution in [-0.4, -0.2) is 31.6 Å². The highest BCUT2D eigenvalue weighted by atomic mass is 35.5. The largest absolute Gasteiger partial charge is 0.493 e. The molecule has 0 aromatic heterocycles. The van der Waals surface area contributed by atoms with Crippen molar-refractivity contribution in [1.29, 1.82) is 0 Å². The van der Waals surface area contributed by atoms with E-state index < -0.39 is 21.3 Å². The van der Waals surface area contributed by atoms with Gasteiger partial charge in [-0.25, -0.2) is 0 Å². The number of ether oxygens (including phenoxy) is 1. The standard InChI is InChI=1S/C24H17Cl2NO6S2/c1-32-21-12-15(5-10-20(21)33-35(30,31)19-8-6-17(25)7-9-19)13-22-23(28)27(24(29)34-22)14-16-3-2-4-18(26)11-16/h2-13H,14H2,1H3/b22-13-. The van der Waals surface area contributed by atoms with E-state index in [9.17, 15) is 18.0 Å². The molecule has 1 saturated heterocycles. The molecule has 0 spiro atoms. The molecule has 1 aliphatic rings. The van der Waals surface area contributed by atoms with Gasteiger partial charge in [0, 0.05) is 10.0 Å². The van der Waals surface area contributed by atoms with E-state index in [1.165, 1.54) is 49.6 Å². The van der Waals surface area contributed by atoms with Gasteiger partial charge in [0.15, 0.2) is 11.5 Å². The Labute approximate surface area is 216 Å². The first-order valence-corrected chi connectivity index (χ1v) is 13.0. The number of hydrogen-bond donors (Lipinski definition) is 0. The Morgan fingerprint density at radius 2 is 1.69 bits per heavy atom. The first-order valence-electron chi connectivity index (χ1n) is 10.0. The van der Waals surface area contributed by atoms with E-state index in [2.05, 4.69) is 0 Å². The van der Waals surface area contributed by atoms with Gasteiger partial charge in [-0.05, 0) is 77.5 Å². The van der Waals surface area contributed by atoms with E-state index in [1.807, 2.05) is 0 Å². The Kier molecular flexibility index (Phi) is 7.42. The van der Waals surface area contributed by atoms with Crippen LogP contribution in [0.3, 0.4) is 0 Å². The molecule has 0 unspecified atom stereocenters. The van der Waals surface area contributed by atoms with Crippen molar-refractivity contribution >= 4 is 62.3 Å². The molecule has 1 heterocycles. The van der Waals surface area contributed by atoms with Gasteiger partial charge in [-0.3, -0.25) is 14.5 Å². The number of halogens is 2. The maximum Gasteiger partial charge on any atom is 0.339 e. The first-order chi connectivity index (χ1) is 16.7. The molecule has 1 fully saturated rings. The summed E-state index contributed by atoms with van der Waals surface area (Å²) in [4.78, 5) is 26.6. The molecule has 35 heavy (non-hydrogen) atoms. The normalized spacial score (nSPS) is 15.1. The lowest BCUT2D eigenvalue weighted by molar-refractivity contribution is -0.123. The van der Waals surface area contributed by atoms with Gasteiger partial charge in [0.25, 0.3) is 11.1 Å². The Morgan fingerprint density at radius 1 is 0.943 bits per heavy atom. The fourth-order valence-corrected chi connectivity index (χ4v) is 5.33. The minimum atomic E-state index is -4.13. The molecule has 0 N–H and O–H groups in total. The maximum absolute atomic E-state index is 12.8. The van der Waals surface area contributed by atoms with Crippen molar-refractivity contribution < 1.29 is 26.9 Å². The Hall–Kier alpha value is -2.98. The van der Waals surface area contributed by atoms with Crippen molar-refractivity contribution in [2.45, 2.75) is 11.4 Å². The molecular weight excluding hydrogens is 533 g/mol. The molecule has 4 rings (SSSR count). The summed E-state index contributed by atoms with van der Waals surface area (Å²) in [6, 6.07) is 16.9. The predicted molar refractivity (Wildman–Crippen MR) is 135 cm³/mol. The minimum absolute atomic E-state index is 0.0336. The Balaban J connectivity index is 1.55. The molecule has 0 saturated carbocycles. The van der Waals surface area contributed by atoms with Crippen LogP contribution in [0.5, 0.6) is 11.5 Å². The second kappa shape index (κ2) is 10.3. The number of nitrogens with zero attached hydrogens (tertiary/aromatic N) is 1. The summed E-state index contributed by atoms with van der Waals surface area (Å²) in [5.74, 6) is -0.340. The summed E-state index contributed by atoms with van der Waals surface area (Å²) in [5, 5.41) is 0.502. The average molecular weight is 550 g/mol. The van der Waals surface area contributed by atoms with Gasteiger partial charge in [-0.2, -0.15) is 8.42 Å². The lowest BCUT2D eigenvalue weighted by Crippen LogP contribution is -2.27. The van der Waals surface area contributed by atoms with Crippen molar-refractivity contribution in [2.24, 2.45) is 0 Å². The quantitative estimate of drug-likeness (QED) is 0.263. The van der Waals surface area contributed by atoms with E-state index in [-0.39, 0.29) is 27.8 Å². The molecule has 3 aromatic rings. The van der Waals surface area contributed by atoms with Gasteiger partial charge in [0.05, 0.1) is 18.6 Å². The third kappa shape index (κ3) is 5.82. The number of benzene rings is 3. The molecule has 3 aromatic carbocycles. The monoisotopic (exact) mass is 549 g/mol. The summed E-state index contributed by atoms with van der Waals surface area (Å²) < 4.78 is 35.7. The second-order valence-corrected chi connectivity index (χ2v) is 10.7. The van der Waals surface area contributed by atoms with Crippen LogP contribution in [0.4, 0.5) is 4.79 Å². The highest BCUT2D eigenvalue weighted by molar-refractivity contribution is 8.18. The Morgan fingerprint density at radius 3 is 2.37 bits per heavy atom. The number of carbonyl (C=O) groups excluding carboxylic acids is 2. The van der Waals surface area contributed by atoms with Gasteiger partial charge in [0.1, 0.15) is 4.90 Å². The smallest absolute Gasteiger partial charge is 0.339 e. The van der Waals surface area contributed by atoms with Crippen LogP contribution in [0.2, 0.25) is 10.0 Å². The van der Waals surface area contributed by atoms with Gasteiger partial charge in [0.2, 0.25) is 0 Å². The molecule has 0 atom stereocenters. The van der Waals surface area contributed by atoms with Crippen LogP contribution in [0.15, 0.2) is 76.5 Å². The first kappa shape index (κ1) is 25.1. The number of rotatable bonds is 7. The third-order valence-electron chi connectivity index (χ3n) is 4.89. The number of methoxy groups -OCH3 is 1. The van der Waals surface area contributed by atoms with Crippen molar-refractivity contribution in [2.75, 3.05) is 7.11 Å². The van der Waals surface area contributed by atoms with E-state index in [1.54, 1.807) is 30.3 Å². The van der Waals surface area contributed by atoms with Crippen molar-refractivity contribution in [1.82, 2.24) is 4.90 Å². The fourth-order valence-electron chi connectivity index (χ4n) is 3.22. The highest BCUT2D eigenvalue weighted by Gasteiger charge is 2.35. The van der Waals surface area contributed by atoms with E-state index >= 15 is 0 Å². The van der Waals surface area contributed by atoms with Crippen LogP contribution in [0.25, 0.3) is 6.08 Å². The molecule has 7 nitrogen and oxygen atoms in total. The van der Waals surface area contributed by atoms with Crippen LogP contribution >= 0.6 is 35.0 Å². The van der Waals surface area contributed by atoms with Gasteiger partial charge in [-0.1, -0.05) is 41.4 Å². The molecule has 0 aliphatic carbocycles. The average Bonchev–Trinajstić information content (AvgIpc) is 3.07. The summed E-state index contributed by atoms with van der Waals surface area (Å²) in [7, 11) is -2.77. The molecule has 11 heteroatoms. The maximum atomic E-state index is 12.8. The van der Waals surface area contributed by atoms with Crippen molar-refractivity contribution in [3.63, 3.8) is 0 Å².